The van der Waals surface area contributed by atoms with Crippen LogP contribution in [0.2, 0.25) is 5.02 Å². The summed E-state index contributed by atoms with van der Waals surface area (Å²) in [7, 11) is 1.80. The van der Waals surface area contributed by atoms with E-state index >= 15 is 0 Å². The van der Waals surface area contributed by atoms with Gasteiger partial charge in [-0.3, -0.25) is 0 Å². The molecule has 16 heavy (non-hydrogen) atoms. The van der Waals surface area contributed by atoms with Gasteiger partial charge in [-0.05, 0) is 37.6 Å². The van der Waals surface area contributed by atoms with Gasteiger partial charge in [-0.2, -0.15) is 0 Å². The first-order valence-electron chi connectivity index (χ1n) is 5.49. The number of aliphatic hydroxyl groups is 1. The zero-order valence-corrected chi connectivity index (χ0v) is 10.00. The molecular formula is C12H16ClNO2. The molecule has 88 valence electrons. The monoisotopic (exact) mass is 241 g/mol. The van der Waals surface area contributed by atoms with Crippen LogP contribution in [0, 0.1) is 0 Å². The van der Waals surface area contributed by atoms with Crippen LogP contribution in [0.15, 0.2) is 18.2 Å². The van der Waals surface area contributed by atoms with Crippen molar-refractivity contribution in [1.82, 2.24) is 5.32 Å². The Morgan fingerprint density at radius 2 is 2.31 bits per heavy atom. The lowest BCUT2D eigenvalue weighted by molar-refractivity contribution is 0.177. The number of halogens is 1. The molecule has 4 heteroatoms. The standard InChI is InChI=1S/C12H16ClNO2/c1-14-7-11(15)8-2-5-12(10(13)6-8)16-9-3-4-9/h2,5-6,9,11,14-15H,3-4,7H2,1H3. The maximum atomic E-state index is 9.77. The van der Waals surface area contributed by atoms with E-state index in [9.17, 15) is 5.11 Å². The molecule has 0 heterocycles. The maximum Gasteiger partial charge on any atom is 0.138 e. The summed E-state index contributed by atoms with van der Waals surface area (Å²) in [5.74, 6) is 0.713. The molecule has 1 aromatic rings. The van der Waals surface area contributed by atoms with E-state index in [1.165, 1.54) is 0 Å². The van der Waals surface area contributed by atoms with Gasteiger partial charge in [0.2, 0.25) is 0 Å². The lowest BCUT2D eigenvalue weighted by atomic mass is 10.1. The Morgan fingerprint density at radius 1 is 1.56 bits per heavy atom. The Balaban J connectivity index is 2.08. The van der Waals surface area contributed by atoms with Crippen molar-refractivity contribution >= 4 is 11.6 Å². The first-order valence-corrected chi connectivity index (χ1v) is 5.87. The second-order valence-electron chi connectivity index (χ2n) is 4.08. The molecule has 0 spiro atoms. The highest BCUT2D eigenvalue weighted by Gasteiger charge is 2.24. The number of ether oxygens (including phenoxy) is 1. The van der Waals surface area contributed by atoms with Crippen LogP contribution in [-0.2, 0) is 0 Å². The van der Waals surface area contributed by atoms with Gasteiger partial charge in [-0.25, -0.2) is 0 Å². The number of benzene rings is 1. The molecule has 0 bridgehead atoms. The summed E-state index contributed by atoms with van der Waals surface area (Å²) in [5.41, 5.74) is 0.808. The van der Waals surface area contributed by atoms with Crippen LogP contribution >= 0.6 is 11.6 Å². The van der Waals surface area contributed by atoms with Crippen molar-refractivity contribution in [2.45, 2.75) is 25.0 Å². The van der Waals surface area contributed by atoms with E-state index in [4.69, 9.17) is 16.3 Å². The van der Waals surface area contributed by atoms with Gasteiger partial charge in [0.25, 0.3) is 0 Å². The van der Waals surface area contributed by atoms with Gasteiger partial charge in [-0.15, -0.1) is 0 Å². The predicted molar refractivity (Wildman–Crippen MR) is 64.0 cm³/mol. The van der Waals surface area contributed by atoms with Gasteiger partial charge in [0, 0.05) is 6.54 Å². The van der Waals surface area contributed by atoms with E-state index in [1.54, 1.807) is 13.1 Å². The van der Waals surface area contributed by atoms with Gasteiger partial charge in [-0.1, -0.05) is 17.7 Å². The molecule has 0 aromatic heterocycles. The van der Waals surface area contributed by atoms with Gasteiger partial charge in [0.1, 0.15) is 5.75 Å². The number of likely N-dealkylation sites (N-methyl/N-ethyl adjacent to an activating group) is 1. The average Bonchev–Trinajstić information content (AvgIpc) is 3.05. The first-order chi connectivity index (χ1) is 7.70. The highest BCUT2D eigenvalue weighted by Crippen LogP contribution is 2.33. The van der Waals surface area contributed by atoms with E-state index in [2.05, 4.69) is 5.32 Å². The fourth-order valence-corrected chi connectivity index (χ4v) is 1.73. The molecule has 1 saturated carbocycles. The maximum absolute atomic E-state index is 9.77. The molecule has 0 radical (unpaired) electrons. The van der Waals surface area contributed by atoms with Gasteiger partial charge in [0.05, 0.1) is 17.2 Å². The summed E-state index contributed by atoms with van der Waals surface area (Å²) in [6.45, 7) is 0.513. The van der Waals surface area contributed by atoms with E-state index in [0.717, 1.165) is 18.4 Å². The normalized spacial score (nSPS) is 17.2. The molecule has 1 atom stereocenters. The van der Waals surface area contributed by atoms with Crippen molar-refractivity contribution in [3.8, 4) is 5.75 Å². The van der Waals surface area contributed by atoms with E-state index in [-0.39, 0.29) is 0 Å². The summed E-state index contributed by atoms with van der Waals surface area (Å²) in [4.78, 5) is 0. The van der Waals surface area contributed by atoms with E-state index in [1.807, 2.05) is 12.1 Å². The van der Waals surface area contributed by atoms with Crippen molar-refractivity contribution in [3.05, 3.63) is 28.8 Å². The van der Waals surface area contributed by atoms with Crippen LogP contribution in [0.5, 0.6) is 5.75 Å². The summed E-state index contributed by atoms with van der Waals surface area (Å²) < 4.78 is 5.62. The zero-order chi connectivity index (χ0) is 11.5. The molecule has 0 amide bonds. The van der Waals surface area contributed by atoms with E-state index < -0.39 is 6.10 Å². The van der Waals surface area contributed by atoms with Crippen molar-refractivity contribution < 1.29 is 9.84 Å². The van der Waals surface area contributed by atoms with Crippen molar-refractivity contribution in [2.24, 2.45) is 0 Å². The number of hydrogen-bond acceptors (Lipinski definition) is 3. The molecule has 0 saturated heterocycles. The first kappa shape index (κ1) is 11.7. The van der Waals surface area contributed by atoms with Crippen LogP contribution in [0.1, 0.15) is 24.5 Å². The number of aliphatic hydroxyl groups excluding tert-OH is 1. The quantitative estimate of drug-likeness (QED) is 0.830. The molecule has 1 aliphatic rings. The minimum absolute atomic E-state index is 0.339. The Morgan fingerprint density at radius 3 is 2.88 bits per heavy atom. The van der Waals surface area contributed by atoms with Gasteiger partial charge in [0.15, 0.2) is 0 Å². The third-order valence-corrected chi connectivity index (χ3v) is 2.85. The fourth-order valence-electron chi connectivity index (χ4n) is 1.50. The Kier molecular flexibility index (Phi) is 3.69. The van der Waals surface area contributed by atoms with Gasteiger partial charge >= 0.3 is 0 Å². The molecule has 3 nitrogen and oxygen atoms in total. The largest absolute Gasteiger partial charge is 0.489 e. The topological polar surface area (TPSA) is 41.5 Å². The molecule has 0 aliphatic heterocycles. The lowest BCUT2D eigenvalue weighted by Crippen LogP contribution is -2.16. The predicted octanol–water partition coefficient (Wildman–Crippen LogP) is 2.13. The summed E-state index contributed by atoms with van der Waals surface area (Å²) in [6.07, 6.45) is 2.03. The molecular weight excluding hydrogens is 226 g/mol. The Bertz CT molecular complexity index is 366. The number of rotatable bonds is 5. The Hall–Kier alpha value is -0.770. The molecule has 1 unspecified atom stereocenters. The summed E-state index contributed by atoms with van der Waals surface area (Å²) in [6, 6.07) is 5.45. The third-order valence-electron chi connectivity index (χ3n) is 2.56. The summed E-state index contributed by atoms with van der Waals surface area (Å²) >= 11 is 6.09. The molecule has 1 fully saturated rings. The van der Waals surface area contributed by atoms with Crippen molar-refractivity contribution in [1.29, 1.82) is 0 Å². The second-order valence-corrected chi connectivity index (χ2v) is 4.49. The minimum atomic E-state index is -0.530. The van der Waals surface area contributed by atoms with Crippen LogP contribution in [0.3, 0.4) is 0 Å². The Labute approximate surface area is 100 Å². The highest BCUT2D eigenvalue weighted by atomic mass is 35.5. The second kappa shape index (κ2) is 5.04. The highest BCUT2D eigenvalue weighted by molar-refractivity contribution is 6.32. The SMILES string of the molecule is CNCC(O)c1ccc(OC2CC2)c(Cl)c1. The van der Waals surface area contributed by atoms with Crippen molar-refractivity contribution in [2.75, 3.05) is 13.6 Å². The molecule has 1 aromatic carbocycles. The molecule has 2 rings (SSSR count). The lowest BCUT2D eigenvalue weighted by Gasteiger charge is -2.12. The number of hydrogen-bond donors (Lipinski definition) is 2. The summed E-state index contributed by atoms with van der Waals surface area (Å²) in [5, 5.41) is 13.3. The van der Waals surface area contributed by atoms with Crippen LogP contribution in [0.25, 0.3) is 0 Å². The average molecular weight is 242 g/mol. The fraction of sp³-hybridized carbons (Fsp3) is 0.500. The van der Waals surface area contributed by atoms with Gasteiger partial charge < -0.3 is 15.2 Å². The molecule has 1 aliphatic carbocycles. The zero-order valence-electron chi connectivity index (χ0n) is 9.24. The minimum Gasteiger partial charge on any atom is -0.489 e. The third kappa shape index (κ3) is 2.88. The van der Waals surface area contributed by atoms with Crippen LogP contribution in [-0.4, -0.2) is 24.8 Å². The molecule has 2 N–H and O–H groups in total. The van der Waals surface area contributed by atoms with Crippen LogP contribution in [0.4, 0.5) is 0 Å². The van der Waals surface area contributed by atoms with Crippen molar-refractivity contribution in [3.63, 3.8) is 0 Å². The van der Waals surface area contributed by atoms with Crippen LogP contribution < -0.4 is 10.1 Å². The van der Waals surface area contributed by atoms with E-state index in [0.29, 0.717) is 23.4 Å². The smallest absolute Gasteiger partial charge is 0.138 e. The number of nitrogens with one attached hydrogen (secondary N) is 1.